The van der Waals surface area contributed by atoms with Crippen molar-refractivity contribution < 1.29 is 28.3 Å². The number of methoxy groups -OCH3 is 1. The van der Waals surface area contributed by atoms with E-state index in [9.17, 15) is 14.4 Å². The molecule has 0 aliphatic carbocycles. The van der Waals surface area contributed by atoms with Crippen LogP contribution in [-0.4, -0.2) is 38.1 Å². The molecule has 0 fully saturated rings. The molecule has 2 amide bonds. The molecule has 0 saturated carbocycles. The number of carbonyl (C=O) groups excluding carboxylic acids is 3. The Labute approximate surface area is 189 Å². The molecule has 0 spiro atoms. The lowest BCUT2D eigenvalue weighted by Crippen LogP contribution is -2.24. The number of furan rings is 1. The molecule has 0 aliphatic rings. The first-order valence-electron chi connectivity index (χ1n) is 9.56. The number of ether oxygens (including phenoxy) is 2. The Hall–Kier alpha value is -3.62. The SMILES string of the molecule is COC(=O)c1cc(Cl)ccc1NC(=O)COCC(=O)Nc1cccc(-c2coc(C)c2)c1. The smallest absolute Gasteiger partial charge is 0.340 e. The van der Waals surface area contributed by atoms with Gasteiger partial charge in [-0.25, -0.2) is 4.79 Å². The van der Waals surface area contributed by atoms with Crippen LogP contribution in [0.2, 0.25) is 5.02 Å². The van der Waals surface area contributed by atoms with Gasteiger partial charge in [-0.05, 0) is 48.9 Å². The topological polar surface area (TPSA) is 107 Å². The Kier molecular flexibility index (Phi) is 7.64. The highest BCUT2D eigenvalue weighted by Gasteiger charge is 2.15. The van der Waals surface area contributed by atoms with E-state index < -0.39 is 17.8 Å². The molecule has 0 atom stereocenters. The number of amides is 2. The highest BCUT2D eigenvalue weighted by Crippen LogP contribution is 2.24. The standard InChI is InChI=1S/C23H21ClN2O6/c1-14-8-16(11-32-14)15-4-3-5-18(9-15)25-21(27)12-31-13-22(28)26-20-7-6-17(24)10-19(20)23(29)30-2/h3-11H,12-13H2,1-2H3,(H,25,27)(H,26,28). The Morgan fingerprint density at radius 2 is 1.72 bits per heavy atom. The lowest BCUT2D eigenvalue weighted by Gasteiger charge is -2.11. The van der Waals surface area contributed by atoms with Crippen LogP contribution in [0.25, 0.3) is 11.1 Å². The first kappa shape index (κ1) is 23.1. The summed E-state index contributed by atoms with van der Waals surface area (Å²) in [4.78, 5) is 36.1. The fourth-order valence-electron chi connectivity index (χ4n) is 2.90. The molecule has 0 saturated heterocycles. The van der Waals surface area contributed by atoms with Crippen molar-refractivity contribution in [3.8, 4) is 11.1 Å². The van der Waals surface area contributed by atoms with Crippen LogP contribution in [0, 0.1) is 6.92 Å². The van der Waals surface area contributed by atoms with Gasteiger partial charge in [-0.3, -0.25) is 9.59 Å². The summed E-state index contributed by atoms with van der Waals surface area (Å²) >= 11 is 5.89. The molecule has 3 rings (SSSR count). The van der Waals surface area contributed by atoms with Crippen LogP contribution in [0.3, 0.4) is 0 Å². The van der Waals surface area contributed by atoms with Gasteiger partial charge in [0.25, 0.3) is 0 Å². The summed E-state index contributed by atoms with van der Waals surface area (Å²) in [6.07, 6.45) is 1.64. The molecule has 1 heterocycles. The molecular formula is C23H21ClN2O6. The maximum atomic E-state index is 12.2. The third-order valence-corrected chi connectivity index (χ3v) is 4.57. The number of esters is 1. The predicted molar refractivity (Wildman–Crippen MR) is 120 cm³/mol. The number of hydrogen-bond donors (Lipinski definition) is 2. The Morgan fingerprint density at radius 3 is 2.41 bits per heavy atom. The molecule has 0 radical (unpaired) electrons. The fraction of sp³-hybridized carbons (Fsp3) is 0.174. The highest BCUT2D eigenvalue weighted by molar-refractivity contribution is 6.31. The van der Waals surface area contributed by atoms with E-state index in [1.165, 1.54) is 25.3 Å². The van der Waals surface area contributed by atoms with E-state index >= 15 is 0 Å². The van der Waals surface area contributed by atoms with Gasteiger partial charge in [0.1, 0.15) is 19.0 Å². The molecule has 2 aromatic carbocycles. The minimum Gasteiger partial charge on any atom is -0.469 e. The Bertz CT molecular complexity index is 1140. The monoisotopic (exact) mass is 456 g/mol. The van der Waals surface area contributed by atoms with Crippen LogP contribution in [0.1, 0.15) is 16.1 Å². The van der Waals surface area contributed by atoms with E-state index in [0.717, 1.165) is 16.9 Å². The molecule has 0 aliphatic heterocycles. The molecule has 0 unspecified atom stereocenters. The van der Waals surface area contributed by atoms with Crippen LogP contribution < -0.4 is 10.6 Å². The number of benzene rings is 2. The van der Waals surface area contributed by atoms with Gasteiger partial charge in [0.2, 0.25) is 11.8 Å². The van der Waals surface area contributed by atoms with Crippen molar-refractivity contribution in [3.63, 3.8) is 0 Å². The number of halogens is 1. The summed E-state index contributed by atoms with van der Waals surface area (Å²) in [6, 6.07) is 13.6. The van der Waals surface area contributed by atoms with Crippen LogP contribution in [0.5, 0.6) is 0 Å². The summed E-state index contributed by atoms with van der Waals surface area (Å²) in [7, 11) is 1.22. The van der Waals surface area contributed by atoms with Gasteiger partial charge in [0.15, 0.2) is 0 Å². The summed E-state index contributed by atoms with van der Waals surface area (Å²) < 4.78 is 15.2. The first-order chi connectivity index (χ1) is 15.4. The van der Waals surface area contributed by atoms with Gasteiger partial charge in [0.05, 0.1) is 24.6 Å². The van der Waals surface area contributed by atoms with E-state index in [4.69, 9.17) is 20.8 Å². The van der Waals surface area contributed by atoms with Gasteiger partial charge < -0.3 is 24.5 Å². The molecule has 9 heteroatoms. The lowest BCUT2D eigenvalue weighted by molar-refractivity contribution is -0.125. The van der Waals surface area contributed by atoms with E-state index in [0.29, 0.717) is 10.7 Å². The van der Waals surface area contributed by atoms with Crippen molar-refractivity contribution in [2.24, 2.45) is 0 Å². The fourth-order valence-corrected chi connectivity index (χ4v) is 3.07. The Balaban J connectivity index is 1.50. The minimum absolute atomic E-state index is 0.110. The van der Waals surface area contributed by atoms with Gasteiger partial charge in [-0.2, -0.15) is 0 Å². The zero-order valence-electron chi connectivity index (χ0n) is 17.4. The quantitative estimate of drug-likeness (QED) is 0.490. The minimum atomic E-state index is -0.643. The molecule has 3 aromatic rings. The maximum absolute atomic E-state index is 12.2. The van der Waals surface area contributed by atoms with E-state index in [1.54, 1.807) is 12.3 Å². The number of carbonyl (C=O) groups is 3. The third-order valence-electron chi connectivity index (χ3n) is 4.34. The zero-order chi connectivity index (χ0) is 23.1. The van der Waals surface area contributed by atoms with E-state index in [1.807, 2.05) is 31.2 Å². The number of rotatable bonds is 8. The van der Waals surface area contributed by atoms with Gasteiger partial charge in [0, 0.05) is 16.3 Å². The second-order valence-electron chi connectivity index (χ2n) is 6.80. The van der Waals surface area contributed by atoms with Crippen molar-refractivity contribution in [3.05, 3.63) is 71.1 Å². The normalized spacial score (nSPS) is 10.5. The van der Waals surface area contributed by atoms with Crippen molar-refractivity contribution >= 4 is 40.8 Å². The maximum Gasteiger partial charge on any atom is 0.340 e. The second-order valence-corrected chi connectivity index (χ2v) is 7.23. The van der Waals surface area contributed by atoms with Gasteiger partial charge >= 0.3 is 5.97 Å². The first-order valence-corrected chi connectivity index (χ1v) is 9.94. The second kappa shape index (κ2) is 10.6. The van der Waals surface area contributed by atoms with E-state index in [-0.39, 0.29) is 24.5 Å². The van der Waals surface area contributed by atoms with Crippen molar-refractivity contribution in [2.75, 3.05) is 31.0 Å². The average molecular weight is 457 g/mol. The predicted octanol–water partition coefficient (Wildman–Crippen LogP) is 4.29. The number of aryl methyl sites for hydroxylation is 1. The van der Waals surface area contributed by atoms with Crippen LogP contribution in [-0.2, 0) is 19.1 Å². The molecule has 8 nitrogen and oxygen atoms in total. The lowest BCUT2D eigenvalue weighted by atomic mass is 10.1. The summed E-state index contributed by atoms with van der Waals surface area (Å²) in [5, 5.41) is 5.58. The Morgan fingerprint density at radius 1 is 0.969 bits per heavy atom. The van der Waals surface area contributed by atoms with Crippen LogP contribution >= 0.6 is 11.6 Å². The number of nitrogens with one attached hydrogen (secondary N) is 2. The zero-order valence-corrected chi connectivity index (χ0v) is 18.2. The van der Waals surface area contributed by atoms with Crippen LogP contribution in [0.4, 0.5) is 11.4 Å². The number of anilines is 2. The van der Waals surface area contributed by atoms with Gasteiger partial charge in [-0.1, -0.05) is 23.7 Å². The number of hydrogen-bond acceptors (Lipinski definition) is 6. The molecule has 0 bridgehead atoms. The van der Waals surface area contributed by atoms with Crippen molar-refractivity contribution in [2.45, 2.75) is 6.92 Å². The van der Waals surface area contributed by atoms with E-state index in [2.05, 4.69) is 15.4 Å². The summed E-state index contributed by atoms with van der Waals surface area (Å²) in [5.41, 5.74) is 2.72. The molecule has 2 N–H and O–H groups in total. The molecular weight excluding hydrogens is 436 g/mol. The average Bonchev–Trinajstić information content (AvgIpc) is 3.21. The largest absolute Gasteiger partial charge is 0.469 e. The summed E-state index contributed by atoms with van der Waals surface area (Å²) in [6.45, 7) is 1.14. The molecule has 1 aromatic heterocycles. The van der Waals surface area contributed by atoms with Gasteiger partial charge in [-0.15, -0.1) is 0 Å². The third kappa shape index (κ3) is 6.19. The molecule has 32 heavy (non-hydrogen) atoms. The van der Waals surface area contributed by atoms with Crippen LogP contribution in [0.15, 0.2) is 59.2 Å². The van der Waals surface area contributed by atoms with Crippen molar-refractivity contribution in [1.82, 2.24) is 0 Å². The highest BCUT2D eigenvalue weighted by atomic mass is 35.5. The molecule has 166 valence electrons. The van der Waals surface area contributed by atoms with Crippen molar-refractivity contribution in [1.29, 1.82) is 0 Å². The summed E-state index contributed by atoms with van der Waals surface area (Å²) in [5.74, 6) is -0.808.